The average molecular weight is 371 g/mol. The van der Waals surface area contributed by atoms with Crippen LogP contribution in [0, 0.1) is 0 Å². The van der Waals surface area contributed by atoms with Gasteiger partial charge in [-0.15, -0.1) is 0 Å². The van der Waals surface area contributed by atoms with Crippen molar-refractivity contribution in [3.63, 3.8) is 0 Å². The standard InChI is InChI=1S/C19H38N4O3/c1-2-3-4-5-6-7-8-9-10-13-17(24)23-16-18(25)26-15-12-11-14-22-19(20)21/h2-16H2,1H3,(H,23,24)(H4,20,21,22). The second-order valence-corrected chi connectivity index (χ2v) is 6.59. The molecule has 0 aliphatic rings. The molecule has 0 fully saturated rings. The summed E-state index contributed by atoms with van der Waals surface area (Å²) in [5.74, 6) is -0.429. The van der Waals surface area contributed by atoms with Gasteiger partial charge in [-0.3, -0.25) is 14.6 Å². The number of unbranched alkanes of at least 4 members (excludes halogenated alkanes) is 9. The monoisotopic (exact) mass is 370 g/mol. The van der Waals surface area contributed by atoms with Crippen molar-refractivity contribution in [2.75, 3.05) is 19.7 Å². The molecule has 0 unspecified atom stereocenters. The van der Waals surface area contributed by atoms with E-state index >= 15 is 0 Å². The van der Waals surface area contributed by atoms with Crippen LogP contribution in [0.1, 0.15) is 84.0 Å². The third-order valence-electron chi connectivity index (χ3n) is 4.05. The molecule has 7 nitrogen and oxygen atoms in total. The Labute approximate surface area is 158 Å². The van der Waals surface area contributed by atoms with Gasteiger partial charge in [-0.1, -0.05) is 58.3 Å². The summed E-state index contributed by atoms with van der Waals surface area (Å²) in [5.41, 5.74) is 10.4. The number of guanidine groups is 1. The fourth-order valence-electron chi connectivity index (χ4n) is 2.51. The topological polar surface area (TPSA) is 120 Å². The first-order valence-electron chi connectivity index (χ1n) is 10.0. The van der Waals surface area contributed by atoms with E-state index in [0.717, 1.165) is 19.3 Å². The molecule has 0 saturated carbocycles. The molecule has 0 heterocycles. The van der Waals surface area contributed by atoms with Crippen molar-refractivity contribution in [3.8, 4) is 0 Å². The first-order chi connectivity index (χ1) is 12.6. The van der Waals surface area contributed by atoms with E-state index < -0.39 is 5.97 Å². The average Bonchev–Trinajstić information content (AvgIpc) is 2.61. The summed E-state index contributed by atoms with van der Waals surface area (Å²) in [5, 5.41) is 2.61. The van der Waals surface area contributed by atoms with Gasteiger partial charge in [0.15, 0.2) is 5.96 Å². The minimum atomic E-state index is -0.410. The number of hydrogen-bond donors (Lipinski definition) is 3. The number of nitrogens with one attached hydrogen (secondary N) is 1. The van der Waals surface area contributed by atoms with Crippen LogP contribution in [0.2, 0.25) is 0 Å². The molecule has 0 bridgehead atoms. The lowest BCUT2D eigenvalue weighted by molar-refractivity contribution is -0.144. The highest BCUT2D eigenvalue weighted by Crippen LogP contribution is 2.10. The number of carbonyl (C=O) groups is 2. The Hall–Kier alpha value is -1.79. The Morgan fingerprint density at radius 1 is 0.885 bits per heavy atom. The van der Waals surface area contributed by atoms with Crippen molar-refractivity contribution in [2.45, 2.75) is 84.0 Å². The number of esters is 1. The van der Waals surface area contributed by atoms with Crippen LogP contribution in [-0.4, -0.2) is 37.5 Å². The Balaban J connectivity index is 3.39. The van der Waals surface area contributed by atoms with E-state index in [1.807, 2.05) is 0 Å². The maximum Gasteiger partial charge on any atom is 0.325 e. The maximum atomic E-state index is 11.7. The molecule has 1 amide bonds. The van der Waals surface area contributed by atoms with Gasteiger partial charge in [-0.25, -0.2) is 0 Å². The molecular formula is C19H38N4O3. The lowest BCUT2D eigenvalue weighted by atomic mass is 10.1. The van der Waals surface area contributed by atoms with Gasteiger partial charge in [0, 0.05) is 13.0 Å². The number of nitrogens with zero attached hydrogens (tertiary/aromatic N) is 1. The van der Waals surface area contributed by atoms with Crippen molar-refractivity contribution in [1.29, 1.82) is 0 Å². The van der Waals surface area contributed by atoms with Gasteiger partial charge in [-0.05, 0) is 19.3 Å². The Bertz CT molecular complexity index is 396. The van der Waals surface area contributed by atoms with Crippen LogP contribution in [0.15, 0.2) is 4.99 Å². The molecule has 0 aliphatic heterocycles. The highest BCUT2D eigenvalue weighted by atomic mass is 16.5. The molecule has 0 radical (unpaired) electrons. The number of nitrogens with two attached hydrogens (primary N) is 2. The molecule has 0 aromatic carbocycles. The number of amides is 1. The third kappa shape index (κ3) is 18.5. The van der Waals surface area contributed by atoms with Gasteiger partial charge in [0.1, 0.15) is 6.54 Å². The summed E-state index contributed by atoms with van der Waals surface area (Å²) in [6.07, 6.45) is 12.9. The van der Waals surface area contributed by atoms with Crippen LogP contribution in [0.4, 0.5) is 0 Å². The van der Waals surface area contributed by atoms with E-state index in [1.165, 1.54) is 44.9 Å². The van der Waals surface area contributed by atoms with Crippen molar-refractivity contribution in [1.82, 2.24) is 5.32 Å². The number of aliphatic imine (C=N–C) groups is 1. The fourth-order valence-corrected chi connectivity index (χ4v) is 2.51. The summed E-state index contributed by atoms with van der Waals surface area (Å²) in [6, 6.07) is 0. The van der Waals surface area contributed by atoms with Crippen molar-refractivity contribution >= 4 is 17.8 Å². The normalized spacial score (nSPS) is 10.3. The zero-order chi connectivity index (χ0) is 19.5. The van der Waals surface area contributed by atoms with Crippen molar-refractivity contribution in [2.24, 2.45) is 16.5 Å². The van der Waals surface area contributed by atoms with Crippen LogP contribution in [0.3, 0.4) is 0 Å². The molecule has 0 atom stereocenters. The fraction of sp³-hybridized carbons (Fsp3) is 0.842. The molecule has 0 aromatic heterocycles. The Morgan fingerprint density at radius 2 is 1.50 bits per heavy atom. The molecule has 152 valence electrons. The predicted octanol–water partition coefficient (Wildman–Crippen LogP) is 2.62. The molecule has 0 aromatic rings. The van der Waals surface area contributed by atoms with Crippen LogP contribution in [0.25, 0.3) is 0 Å². The lowest BCUT2D eigenvalue weighted by Crippen LogP contribution is -2.30. The lowest BCUT2D eigenvalue weighted by Gasteiger charge is -2.06. The van der Waals surface area contributed by atoms with Crippen LogP contribution < -0.4 is 16.8 Å². The zero-order valence-corrected chi connectivity index (χ0v) is 16.4. The van der Waals surface area contributed by atoms with Crippen molar-refractivity contribution < 1.29 is 14.3 Å². The number of carbonyl (C=O) groups excluding carboxylic acids is 2. The van der Waals surface area contributed by atoms with E-state index in [-0.39, 0.29) is 18.4 Å². The quantitative estimate of drug-likeness (QED) is 0.157. The van der Waals surface area contributed by atoms with E-state index in [9.17, 15) is 9.59 Å². The predicted molar refractivity (Wildman–Crippen MR) is 106 cm³/mol. The van der Waals surface area contributed by atoms with Crippen LogP contribution >= 0.6 is 0 Å². The molecule has 5 N–H and O–H groups in total. The van der Waals surface area contributed by atoms with Gasteiger partial charge >= 0.3 is 5.97 Å². The van der Waals surface area contributed by atoms with Crippen molar-refractivity contribution in [3.05, 3.63) is 0 Å². The molecule has 0 spiro atoms. The largest absolute Gasteiger partial charge is 0.464 e. The first-order valence-corrected chi connectivity index (χ1v) is 10.0. The highest BCUT2D eigenvalue weighted by molar-refractivity contribution is 5.81. The Morgan fingerprint density at radius 3 is 2.12 bits per heavy atom. The summed E-state index contributed by atoms with van der Waals surface area (Å²) >= 11 is 0. The van der Waals surface area contributed by atoms with Gasteiger partial charge in [0.05, 0.1) is 6.61 Å². The molecule has 0 aliphatic carbocycles. The van der Waals surface area contributed by atoms with Crippen LogP contribution in [-0.2, 0) is 14.3 Å². The van der Waals surface area contributed by atoms with Gasteiger partial charge in [0.25, 0.3) is 0 Å². The van der Waals surface area contributed by atoms with E-state index in [4.69, 9.17) is 16.2 Å². The summed E-state index contributed by atoms with van der Waals surface area (Å²) < 4.78 is 5.03. The molecular weight excluding hydrogens is 332 g/mol. The van der Waals surface area contributed by atoms with E-state index in [0.29, 0.717) is 26.0 Å². The highest BCUT2D eigenvalue weighted by Gasteiger charge is 2.06. The molecule has 7 heteroatoms. The number of hydrogen-bond acceptors (Lipinski definition) is 4. The van der Waals surface area contributed by atoms with Gasteiger partial charge in [0.2, 0.25) is 5.91 Å². The van der Waals surface area contributed by atoms with Gasteiger partial charge < -0.3 is 21.5 Å². The zero-order valence-electron chi connectivity index (χ0n) is 16.4. The minimum absolute atomic E-state index is 0.0653. The van der Waals surface area contributed by atoms with Crippen LogP contribution in [0.5, 0.6) is 0 Å². The second kappa shape index (κ2) is 18.0. The van der Waals surface area contributed by atoms with Gasteiger partial charge in [-0.2, -0.15) is 0 Å². The number of ether oxygens (including phenoxy) is 1. The maximum absolute atomic E-state index is 11.7. The summed E-state index contributed by atoms with van der Waals surface area (Å²) in [7, 11) is 0. The SMILES string of the molecule is CCCCCCCCCCCC(=O)NCC(=O)OCCCCN=C(N)N. The third-order valence-corrected chi connectivity index (χ3v) is 4.05. The molecule has 0 saturated heterocycles. The summed E-state index contributed by atoms with van der Waals surface area (Å²) in [4.78, 5) is 27.0. The molecule has 26 heavy (non-hydrogen) atoms. The minimum Gasteiger partial charge on any atom is -0.464 e. The number of rotatable bonds is 17. The molecule has 0 rings (SSSR count). The Kier molecular flexibility index (Phi) is 16.8. The summed E-state index contributed by atoms with van der Waals surface area (Å²) in [6.45, 7) is 2.99. The smallest absolute Gasteiger partial charge is 0.325 e. The van der Waals surface area contributed by atoms with E-state index in [2.05, 4.69) is 17.2 Å². The second-order valence-electron chi connectivity index (χ2n) is 6.59. The first kappa shape index (κ1) is 24.2. The van der Waals surface area contributed by atoms with E-state index in [1.54, 1.807) is 0 Å².